The van der Waals surface area contributed by atoms with Gasteiger partial charge < -0.3 is 15.5 Å². The molecule has 0 aliphatic carbocycles. The van der Waals surface area contributed by atoms with Crippen LogP contribution in [0, 0.1) is 0 Å². The lowest BCUT2D eigenvalue weighted by Gasteiger charge is -2.14. The van der Waals surface area contributed by atoms with Gasteiger partial charge in [0.15, 0.2) is 0 Å². The highest BCUT2D eigenvalue weighted by Gasteiger charge is 2.40. The molecule has 0 aromatic carbocycles. The largest absolute Gasteiger partial charge is 0.481 e. The topological polar surface area (TPSA) is 104 Å². The third kappa shape index (κ3) is 5.17. The van der Waals surface area contributed by atoms with Gasteiger partial charge in [0.05, 0.1) is 0 Å². The number of carbonyl (C=O) groups excluding carboxylic acids is 1. The Labute approximate surface area is 87.0 Å². The molecule has 16 heavy (non-hydrogen) atoms. The molecule has 0 bridgehead atoms. The summed E-state index contributed by atoms with van der Waals surface area (Å²) in [7, 11) is 0. The minimum Gasteiger partial charge on any atom is -0.481 e. The van der Waals surface area contributed by atoms with Gasteiger partial charge in [-0.2, -0.15) is 13.2 Å². The van der Waals surface area contributed by atoms with Crippen LogP contribution in [0.25, 0.3) is 0 Å². The van der Waals surface area contributed by atoms with Crippen LogP contribution in [0.2, 0.25) is 0 Å². The van der Waals surface area contributed by atoms with Crippen LogP contribution in [0.3, 0.4) is 0 Å². The minimum absolute atomic E-state index is 0.619. The average molecular weight is 243 g/mol. The Morgan fingerprint density at radius 3 is 2.00 bits per heavy atom. The molecule has 0 radical (unpaired) electrons. The van der Waals surface area contributed by atoms with Crippen molar-refractivity contribution in [3.05, 3.63) is 0 Å². The van der Waals surface area contributed by atoms with Crippen molar-refractivity contribution in [1.82, 2.24) is 5.32 Å². The van der Waals surface area contributed by atoms with E-state index >= 15 is 0 Å². The van der Waals surface area contributed by atoms with E-state index in [2.05, 4.69) is 0 Å². The number of carboxylic acids is 2. The summed E-state index contributed by atoms with van der Waals surface area (Å²) in [5.41, 5.74) is 0. The SMILES string of the molecule is O=C(O)CC[C@H](NC(=O)C(F)(F)F)C(=O)O. The number of hydrogen-bond acceptors (Lipinski definition) is 3. The molecule has 3 N–H and O–H groups in total. The monoisotopic (exact) mass is 243 g/mol. The highest BCUT2D eigenvalue weighted by molar-refractivity contribution is 5.87. The number of carboxylic acid groups (broad SMARTS) is 2. The lowest BCUT2D eigenvalue weighted by Crippen LogP contribution is -2.47. The number of carbonyl (C=O) groups is 3. The Morgan fingerprint density at radius 1 is 1.19 bits per heavy atom. The first-order valence-corrected chi connectivity index (χ1v) is 3.97. The first kappa shape index (κ1) is 14.2. The van der Waals surface area contributed by atoms with Gasteiger partial charge in [-0.15, -0.1) is 0 Å². The molecule has 6 nitrogen and oxygen atoms in total. The van der Waals surface area contributed by atoms with Crippen LogP contribution < -0.4 is 5.32 Å². The van der Waals surface area contributed by atoms with E-state index in [1.165, 1.54) is 5.32 Å². The molecule has 0 unspecified atom stereocenters. The van der Waals surface area contributed by atoms with Gasteiger partial charge in [0.1, 0.15) is 6.04 Å². The standard InChI is InChI=1S/C7H8F3NO5/c8-7(9,10)6(16)11-3(5(14)15)1-2-4(12)13/h3H,1-2H2,(H,11,16)(H,12,13)(H,14,15)/t3-/m0/s1. The molecule has 0 fully saturated rings. The molecule has 0 aromatic rings. The van der Waals surface area contributed by atoms with Gasteiger partial charge in [0, 0.05) is 6.42 Å². The fourth-order valence-electron chi connectivity index (χ4n) is 0.765. The van der Waals surface area contributed by atoms with Crippen LogP contribution in [0.4, 0.5) is 13.2 Å². The summed E-state index contributed by atoms with van der Waals surface area (Å²) in [5, 5.41) is 17.8. The van der Waals surface area contributed by atoms with Crippen molar-refractivity contribution in [3.63, 3.8) is 0 Å². The van der Waals surface area contributed by atoms with Crippen LogP contribution in [0.5, 0.6) is 0 Å². The number of amides is 1. The van der Waals surface area contributed by atoms with Gasteiger partial charge in [-0.1, -0.05) is 0 Å². The first-order valence-electron chi connectivity index (χ1n) is 3.97. The second kappa shape index (κ2) is 5.33. The normalized spacial score (nSPS) is 12.9. The quantitative estimate of drug-likeness (QED) is 0.629. The molecule has 0 saturated heterocycles. The molecule has 92 valence electrons. The zero-order chi connectivity index (χ0) is 12.9. The molecule has 9 heteroatoms. The predicted molar refractivity (Wildman–Crippen MR) is 42.5 cm³/mol. The smallest absolute Gasteiger partial charge is 0.471 e. The van der Waals surface area contributed by atoms with E-state index in [9.17, 15) is 27.6 Å². The summed E-state index contributed by atoms with van der Waals surface area (Å²) in [6.07, 6.45) is -6.47. The lowest BCUT2D eigenvalue weighted by molar-refractivity contribution is -0.175. The Balaban J connectivity index is 4.41. The van der Waals surface area contributed by atoms with E-state index < -0.39 is 42.9 Å². The highest BCUT2D eigenvalue weighted by Crippen LogP contribution is 2.15. The van der Waals surface area contributed by atoms with Crippen LogP contribution >= 0.6 is 0 Å². The van der Waals surface area contributed by atoms with Crippen molar-refractivity contribution in [2.75, 3.05) is 0 Å². The van der Waals surface area contributed by atoms with Crippen molar-refractivity contribution in [3.8, 4) is 0 Å². The Morgan fingerprint density at radius 2 is 1.69 bits per heavy atom. The van der Waals surface area contributed by atoms with Gasteiger partial charge in [-0.3, -0.25) is 9.59 Å². The molecule has 0 aromatic heterocycles. The van der Waals surface area contributed by atoms with E-state index in [0.717, 1.165) is 0 Å². The number of aliphatic carboxylic acids is 2. The Hall–Kier alpha value is -1.80. The number of nitrogens with one attached hydrogen (secondary N) is 1. The zero-order valence-electron chi connectivity index (χ0n) is 7.74. The summed E-state index contributed by atoms with van der Waals surface area (Å²) < 4.78 is 35.3. The summed E-state index contributed by atoms with van der Waals surface area (Å²) >= 11 is 0. The van der Waals surface area contributed by atoms with Crippen LogP contribution in [0.1, 0.15) is 12.8 Å². The lowest BCUT2D eigenvalue weighted by atomic mass is 10.1. The molecular formula is C7H8F3NO5. The van der Waals surface area contributed by atoms with Crippen molar-refractivity contribution >= 4 is 17.8 Å². The van der Waals surface area contributed by atoms with E-state index in [1.54, 1.807) is 0 Å². The van der Waals surface area contributed by atoms with Crippen LogP contribution in [-0.2, 0) is 14.4 Å². The van der Waals surface area contributed by atoms with Crippen molar-refractivity contribution in [2.24, 2.45) is 0 Å². The number of rotatable bonds is 5. The minimum atomic E-state index is -5.20. The van der Waals surface area contributed by atoms with Gasteiger partial charge in [-0.25, -0.2) is 4.79 Å². The maximum Gasteiger partial charge on any atom is 0.471 e. The molecular weight excluding hydrogens is 235 g/mol. The Bertz CT molecular complexity index is 301. The number of halogens is 3. The molecule has 0 aliphatic rings. The third-order valence-electron chi connectivity index (χ3n) is 1.51. The van der Waals surface area contributed by atoms with Gasteiger partial charge in [-0.05, 0) is 6.42 Å². The van der Waals surface area contributed by atoms with Crippen molar-refractivity contribution in [1.29, 1.82) is 0 Å². The summed E-state index contributed by atoms with van der Waals surface area (Å²) in [6, 6.07) is -1.87. The molecule has 1 atom stereocenters. The second-order valence-corrected chi connectivity index (χ2v) is 2.79. The van der Waals surface area contributed by atoms with Crippen molar-refractivity contribution < 1.29 is 37.8 Å². The third-order valence-corrected chi connectivity index (χ3v) is 1.51. The van der Waals surface area contributed by atoms with Crippen LogP contribution in [0.15, 0.2) is 0 Å². The molecule has 0 rings (SSSR count). The van der Waals surface area contributed by atoms with Crippen LogP contribution in [-0.4, -0.2) is 40.3 Å². The van der Waals surface area contributed by atoms with Gasteiger partial charge in [0.25, 0.3) is 0 Å². The molecule has 1 amide bonds. The van der Waals surface area contributed by atoms with Crippen molar-refractivity contribution in [2.45, 2.75) is 25.1 Å². The van der Waals surface area contributed by atoms with Gasteiger partial charge in [0.2, 0.25) is 0 Å². The molecule has 0 spiro atoms. The first-order chi connectivity index (χ1) is 7.14. The number of hydrogen-bond donors (Lipinski definition) is 3. The zero-order valence-corrected chi connectivity index (χ0v) is 7.74. The molecule has 0 saturated carbocycles. The van der Waals surface area contributed by atoms with Gasteiger partial charge >= 0.3 is 24.0 Å². The van der Waals surface area contributed by atoms with E-state index in [-0.39, 0.29) is 0 Å². The van der Waals surface area contributed by atoms with E-state index in [1.807, 2.05) is 0 Å². The fraction of sp³-hybridized carbons (Fsp3) is 0.571. The summed E-state index contributed by atoms with van der Waals surface area (Å²) in [4.78, 5) is 30.9. The maximum absolute atomic E-state index is 11.8. The maximum atomic E-state index is 11.8. The van der Waals surface area contributed by atoms with E-state index in [0.29, 0.717) is 0 Å². The predicted octanol–water partition coefficient (Wildman–Crippen LogP) is -0.0171. The number of alkyl halides is 3. The average Bonchev–Trinajstić information content (AvgIpc) is 2.09. The summed E-state index contributed by atoms with van der Waals surface area (Å²) in [5.74, 6) is -5.50. The summed E-state index contributed by atoms with van der Waals surface area (Å²) in [6.45, 7) is 0. The highest BCUT2D eigenvalue weighted by atomic mass is 19.4. The molecule has 0 heterocycles. The second-order valence-electron chi connectivity index (χ2n) is 2.79. The molecule has 0 aliphatic heterocycles. The Kier molecular flexibility index (Phi) is 4.73. The fourth-order valence-corrected chi connectivity index (χ4v) is 0.765. The van der Waals surface area contributed by atoms with E-state index in [4.69, 9.17) is 10.2 Å².